The first-order chi connectivity index (χ1) is 9.81. The van der Waals surface area contributed by atoms with Crippen LogP contribution in [0.15, 0.2) is 30.3 Å². The minimum Gasteiger partial charge on any atom is -0.321 e. The quantitative estimate of drug-likeness (QED) is 0.878. The molecule has 21 heavy (non-hydrogen) atoms. The number of thiophene rings is 1. The number of carbonyl (C=O) groups excluding carboxylic acids is 1. The first-order valence-corrected chi connectivity index (χ1v) is 6.69. The van der Waals surface area contributed by atoms with Crippen molar-refractivity contribution in [2.45, 2.75) is 6.18 Å². The zero-order valence-corrected chi connectivity index (χ0v) is 11.7. The van der Waals surface area contributed by atoms with Gasteiger partial charge in [-0.1, -0.05) is 11.6 Å². The smallest absolute Gasteiger partial charge is 0.321 e. The Bertz CT molecular complexity index is 734. The second-order valence-electron chi connectivity index (χ2n) is 3.93. The van der Waals surface area contributed by atoms with Crippen LogP contribution in [0, 0.1) is 11.3 Å². The number of hydrogen-bond acceptors (Lipinski definition) is 3. The van der Waals surface area contributed by atoms with Crippen LogP contribution in [0.25, 0.3) is 0 Å². The van der Waals surface area contributed by atoms with Crippen LogP contribution in [0.3, 0.4) is 0 Å². The average Bonchev–Trinajstić information content (AvgIpc) is 2.84. The van der Waals surface area contributed by atoms with Gasteiger partial charge >= 0.3 is 6.18 Å². The number of amides is 1. The molecule has 0 unspecified atom stereocenters. The lowest BCUT2D eigenvalue weighted by atomic mass is 10.1. The fourth-order valence-electron chi connectivity index (χ4n) is 1.58. The minimum atomic E-state index is -4.67. The van der Waals surface area contributed by atoms with E-state index in [4.69, 9.17) is 16.9 Å². The fourth-order valence-corrected chi connectivity index (χ4v) is 2.52. The van der Waals surface area contributed by atoms with Crippen molar-refractivity contribution < 1.29 is 18.0 Å². The normalized spacial score (nSPS) is 11.0. The number of alkyl halides is 3. The first kappa shape index (κ1) is 15.4. The molecule has 0 saturated carbocycles. The van der Waals surface area contributed by atoms with E-state index in [-0.39, 0.29) is 10.6 Å². The number of anilines is 1. The van der Waals surface area contributed by atoms with Crippen LogP contribution in [-0.2, 0) is 6.18 Å². The summed E-state index contributed by atoms with van der Waals surface area (Å²) >= 11 is 6.70. The minimum absolute atomic E-state index is 0.0455. The van der Waals surface area contributed by atoms with E-state index >= 15 is 0 Å². The molecule has 0 aliphatic rings. The Balaban J connectivity index is 2.30. The van der Waals surface area contributed by atoms with Crippen LogP contribution < -0.4 is 5.32 Å². The van der Waals surface area contributed by atoms with Gasteiger partial charge in [-0.15, -0.1) is 11.3 Å². The zero-order chi connectivity index (χ0) is 15.6. The van der Waals surface area contributed by atoms with E-state index in [0.29, 0.717) is 4.34 Å². The molecule has 1 amide bonds. The molecule has 0 saturated heterocycles. The lowest BCUT2D eigenvalue weighted by Gasteiger charge is -2.11. The number of benzene rings is 1. The number of hydrogen-bond donors (Lipinski definition) is 1. The maximum atomic E-state index is 12.8. The molecule has 0 aliphatic carbocycles. The Morgan fingerprint density at radius 3 is 2.52 bits per heavy atom. The molecule has 108 valence electrons. The number of nitrogens with zero attached hydrogens (tertiary/aromatic N) is 1. The fraction of sp³-hybridized carbons (Fsp3) is 0.0769. The molecule has 1 aromatic heterocycles. The summed E-state index contributed by atoms with van der Waals surface area (Å²) in [6.45, 7) is 0. The van der Waals surface area contributed by atoms with Gasteiger partial charge in [-0.2, -0.15) is 18.4 Å². The molecule has 1 aromatic carbocycles. The summed E-state index contributed by atoms with van der Waals surface area (Å²) in [7, 11) is 0. The highest BCUT2D eigenvalue weighted by molar-refractivity contribution is 7.18. The lowest BCUT2D eigenvalue weighted by Crippen LogP contribution is -2.13. The topological polar surface area (TPSA) is 52.9 Å². The Hall–Kier alpha value is -2.04. The van der Waals surface area contributed by atoms with Crippen LogP contribution in [-0.4, -0.2) is 5.91 Å². The van der Waals surface area contributed by atoms with E-state index in [0.717, 1.165) is 23.5 Å². The van der Waals surface area contributed by atoms with Gasteiger partial charge < -0.3 is 5.32 Å². The standard InChI is InChI=1S/C13H6ClF3N2OS/c14-11-4-3-10(21-11)12(20)19-8-2-1-7(6-18)9(5-8)13(15,16)17/h1-5H,(H,19,20). The summed E-state index contributed by atoms with van der Waals surface area (Å²) < 4.78 is 38.8. The summed E-state index contributed by atoms with van der Waals surface area (Å²) in [5, 5.41) is 11.0. The van der Waals surface area contributed by atoms with Crippen molar-refractivity contribution in [1.29, 1.82) is 5.26 Å². The van der Waals surface area contributed by atoms with E-state index in [9.17, 15) is 18.0 Å². The summed E-state index contributed by atoms with van der Waals surface area (Å²) in [5.41, 5.74) is -1.64. The molecule has 1 heterocycles. The molecule has 0 radical (unpaired) electrons. The van der Waals surface area contributed by atoms with Crippen molar-refractivity contribution in [3.8, 4) is 6.07 Å². The first-order valence-electron chi connectivity index (χ1n) is 5.49. The summed E-state index contributed by atoms with van der Waals surface area (Å²) in [6, 6.07) is 7.43. The highest BCUT2D eigenvalue weighted by Crippen LogP contribution is 2.33. The summed E-state index contributed by atoms with van der Waals surface area (Å²) in [6.07, 6.45) is -4.67. The van der Waals surface area contributed by atoms with Gasteiger partial charge in [-0.25, -0.2) is 0 Å². The van der Waals surface area contributed by atoms with Crippen LogP contribution in [0.1, 0.15) is 20.8 Å². The molecule has 0 fully saturated rings. The number of nitrogens with one attached hydrogen (secondary N) is 1. The SMILES string of the molecule is N#Cc1ccc(NC(=O)c2ccc(Cl)s2)cc1C(F)(F)F. The highest BCUT2D eigenvalue weighted by Gasteiger charge is 2.34. The van der Waals surface area contributed by atoms with Gasteiger partial charge in [0.05, 0.1) is 26.4 Å². The van der Waals surface area contributed by atoms with Crippen molar-refractivity contribution in [3.05, 3.63) is 50.7 Å². The lowest BCUT2D eigenvalue weighted by molar-refractivity contribution is -0.137. The van der Waals surface area contributed by atoms with Crippen molar-refractivity contribution >= 4 is 34.5 Å². The number of halogens is 4. The molecule has 0 atom stereocenters. The molecule has 3 nitrogen and oxygen atoms in total. The van der Waals surface area contributed by atoms with E-state index in [1.54, 1.807) is 0 Å². The largest absolute Gasteiger partial charge is 0.417 e. The summed E-state index contributed by atoms with van der Waals surface area (Å²) in [5.74, 6) is -0.565. The van der Waals surface area contributed by atoms with Crippen LogP contribution in [0.5, 0.6) is 0 Å². The Morgan fingerprint density at radius 1 is 1.29 bits per heavy atom. The third kappa shape index (κ3) is 3.54. The maximum absolute atomic E-state index is 12.8. The zero-order valence-electron chi connectivity index (χ0n) is 10.2. The van der Waals surface area contributed by atoms with Crippen LogP contribution in [0.4, 0.5) is 18.9 Å². The molecule has 2 rings (SSSR count). The monoisotopic (exact) mass is 330 g/mol. The van der Waals surface area contributed by atoms with Crippen molar-refractivity contribution in [2.24, 2.45) is 0 Å². The Kier molecular flexibility index (Phi) is 4.21. The van der Waals surface area contributed by atoms with Gasteiger partial charge in [0.25, 0.3) is 5.91 Å². The Morgan fingerprint density at radius 2 is 2.00 bits per heavy atom. The third-order valence-electron chi connectivity index (χ3n) is 2.50. The molecular weight excluding hydrogens is 325 g/mol. The van der Waals surface area contributed by atoms with Gasteiger partial charge in [0.1, 0.15) is 0 Å². The van der Waals surface area contributed by atoms with Crippen molar-refractivity contribution in [1.82, 2.24) is 0 Å². The van der Waals surface area contributed by atoms with Crippen LogP contribution >= 0.6 is 22.9 Å². The number of carbonyl (C=O) groups is 1. The summed E-state index contributed by atoms with van der Waals surface area (Å²) in [4.78, 5) is 12.1. The molecule has 0 aliphatic heterocycles. The van der Waals surface area contributed by atoms with Gasteiger partial charge in [0.15, 0.2) is 0 Å². The van der Waals surface area contributed by atoms with E-state index in [2.05, 4.69) is 5.32 Å². The van der Waals surface area contributed by atoms with Gasteiger partial charge in [-0.3, -0.25) is 4.79 Å². The van der Waals surface area contributed by atoms with Gasteiger partial charge in [0, 0.05) is 5.69 Å². The second kappa shape index (κ2) is 5.76. The molecule has 8 heteroatoms. The third-order valence-corrected chi connectivity index (χ3v) is 3.73. The second-order valence-corrected chi connectivity index (χ2v) is 5.64. The molecular formula is C13H6ClF3N2OS. The molecule has 0 spiro atoms. The van der Waals surface area contributed by atoms with E-state index in [1.165, 1.54) is 24.3 Å². The van der Waals surface area contributed by atoms with Gasteiger partial charge in [0.2, 0.25) is 0 Å². The predicted molar refractivity (Wildman–Crippen MR) is 73.4 cm³/mol. The Labute approximate surface area is 126 Å². The van der Waals surface area contributed by atoms with Crippen molar-refractivity contribution in [2.75, 3.05) is 5.32 Å². The molecule has 1 N–H and O–H groups in total. The van der Waals surface area contributed by atoms with E-state index < -0.39 is 23.2 Å². The number of nitriles is 1. The molecule has 2 aromatic rings. The van der Waals surface area contributed by atoms with Crippen molar-refractivity contribution in [3.63, 3.8) is 0 Å². The number of rotatable bonds is 2. The predicted octanol–water partition coefficient (Wildman–Crippen LogP) is 4.54. The molecule has 0 bridgehead atoms. The highest BCUT2D eigenvalue weighted by atomic mass is 35.5. The van der Waals surface area contributed by atoms with E-state index in [1.807, 2.05) is 0 Å². The average molecular weight is 331 g/mol. The maximum Gasteiger partial charge on any atom is 0.417 e. The van der Waals surface area contributed by atoms with Gasteiger partial charge in [-0.05, 0) is 30.3 Å². The van der Waals surface area contributed by atoms with Crippen LogP contribution in [0.2, 0.25) is 4.34 Å².